The van der Waals surface area contributed by atoms with E-state index in [0.717, 1.165) is 50.6 Å². The maximum atomic E-state index is 6.44. The van der Waals surface area contributed by atoms with Crippen molar-refractivity contribution in [2.45, 2.75) is 33.2 Å². The summed E-state index contributed by atoms with van der Waals surface area (Å²) in [4.78, 5) is 4.68. The predicted molar refractivity (Wildman–Crippen MR) is 94.5 cm³/mol. The largest absolute Gasteiger partial charge is 0.370 e. The third-order valence-corrected chi connectivity index (χ3v) is 3.83. The average Bonchev–Trinajstić information content (AvgIpc) is 2.45. The Hall–Kier alpha value is -0.770. The minimum Gasteiger partial charge on any atom is -0.370 e. The van der Waals surface area contributed by atoms with Gasteiger partial charge >= 0.3 is 0 Å². The van der Waals surface area contributed by atoms with Crippen molar-refractivity contribution < 1.29 is 0 Å². The fourth-order valence-electron chi connectivity index (χ4n) is 2.35. The van der Waals surface area contributed by atoms with Gasteiger partial charge < -0.3 is 15.1 Å². The first-order valence-electron chi connectivity index (χ1n) is 7.97. The highest BCUT2D eigenvalue weighted by molar-refractivity contribution is 6.31. The molecular weight excluding hydrogens is 282 g/mol. The Labute approximate surface area is 135 Å². The molecule has 0 fully saturated rings. The summed E-state index contributed by atoms with van der Waals surface area (Å²) in [6.07, 6.45) is 2.28. The molecule has 1 N–H and O–H groups in total. The van der Waals surface area contributed by atoms with E-state index < -0.39 is 0 Å². The van der Waals surface area contributed by atoms with Gasteiger partial charge in [-0.2, -0.15) is 0 Å². The minimum absolute atomic E-state index is 0.838. The van der Waals surface area contributed by atoms with Gasteiger partial charge in [0.1, 0.15) is 0 Å². The van der Waals surface area contributed by atoms with E-state index in [0.29, 0.717) is 0 Å². The Kier molecular flexibility index (Phi) is 8.74. The zero-order chi connectivity index (χ0) is 15.7. The Balaban J connectivity index is 2.91. The maximum Gasteiger partial charge on any atom is 0.0471 e. The van der Waals surface area contributed by atoms with Crippen LogP contribution in [0.25, 0.3) is 0 Å². The summed E-state index contributed by atoms with van der Waals surface area (Å²) < 4.78 is 0. The number of rotatable bonds is 10. The van der Waals surface area contributed by atoms with Crippen molar-refractivity contribution in [2.75, 3.05) is 45.2 Å². The lowest BCUT2D eigenvalue weighted by Gasteiger charge is -2.28. The molecule has 1 rings (SSSR count). The molecule has 3 nitrogen and oxygen atoms in total. The SMILES string of the molecule is CCCNCc1c(Cl)cccc1N(CCC)CCN(C)C. The van der Waals surface area contributed by atoms with Crippen molar-refractivity contribution in [3.8, 4) is 0 Å². The van der Waals surface area contributed by atoms with Gasteiger partial charge in [0.15, 0.2) is 0 Å². The van der Waals surface area contributed by atoms with E-state index in [9.17, 15) is 0 Å². The lowest BCUT2D eigenvalue weighted by molar-refractivity contribution is 0.412. The molecule has 0 saturated carbocycles. The van der Waals surface area contributed by atoms with E-state index >= 15 is 0 Å². The highest BCUT2D eigenvalue weighted by atomic mass is 35.5. The third-order valence-electron chi connectivity index (χ3n) is 3.47. The fraction of sp³-hybridized carbons (Fsp3) is 0.647. The van der Waals surface area contributed by atoms with Crippen LogP contribution < -0.4 is 10.2 Å². The summed E-state index contributed by atoms with van der Waals surface area (Å²) in [5.41, 5.74) is 2.50. The lowest BCUT2D eigenvalue weighted by Crippen LogP contribution is -2.33. The number of hydrogen-bond donors (Lipinski definition) is 1. The number of hydrogen-bond acceptors (Lipinski definition) is 3. The van der Waals surface area contributed by atoms with E-state index in [-0.39, 0.29) is 0 Å². The molecule has 0 radical (unpaired) electrons. The number of nitrogens with zero attached hydrogens (tertiary/aromatic N) is 2. The summed E-state index contributed by atoms with van der Waals surface area (Å²) in [5, 5.41) is 4.34. The zero-order valence-corrected chi connectivity index (χ0v) is 14.7. The molecule has 0 amide bonds. The predicted octanol–water partition coefficient (Wildman–Crippen LogP) is 3.62. The van der Waals surface area contributed by atoms with Crippen molar-refractivity contribution in [2.24, 2.45) is 0 Å². The van der Waals surface area contributed by atoms with Crippen molar-refractivity contribution in [3.63, 3.8) is 0 Å². The number of nitrogens with one attached hydrogen (secondary N) is 1. The van der Waals surface area contributed by atoms with Crippen molar-refractivity contribution in [1.29, 1.82) is 0 Å². The van der Waals surface area contributed by atoms with Crippen molar-refractivity contribution >= 4 is 17.3 Å². The van der Waals surface area contributed by atoms with Crippen molar-refractivity contribution in [3.05, 3.63) is 28.8 Å². The minimum atomic E-state index is 0.838. The van der Waals surface area contributed by atoms with Crippen LogP contribution in [-0.4, -0.2) is 45.2 Å². The second-order valence-corrected chi connectivity index (χ2v) is 6.11. The maximum absolute atomic E-state index is 6.44. The molecular formula is C17H30ClN3. The number of benzene rings is 1. The molecule has 0 aliphatic heterocycles. The van der Waals surface area contributed by atoms with Crippen molar-refractivity contribution in [1.82, 2.24) is 10.2 Å². The molecule has 0 bridgehead atoms. The van der Waals surface area contributed by atoms with Gasteiger partial charge in [-0.1, -0.05) is 31.5 Å². The molecule has 0 unspecified atom stereocenters. The summed E-state index contributed by atoms with van der Waals surface area (Å²) >= 11 is 6.44. The van der Waals surface area contributed by atoms with Crippen LogP contribution in [0.3, 0.4) is 0 Å². The molecule has 0 heterocycles. The van der Waals surface area contributed by atoms with E-state index in [1.54, 1.807) is 0 Å². The monoisotopic (exact) mass is 311 g/mol. The summed E-state index contributed by atoms with van der Waals surface area (Å²) in [6.45, 7) is 9.41. The fourth-order valence-corrected chi connectivity index (χ4v) is 2.59. The topological polar surface area (TPSA) is 18.5 Å². The van der Waals surface area contributed by atoms with Crippen LogP contribution in [0.5, 0.6) is 0 Å². The van der Waals surface area contributed by atoms with Gasteiger partial charge in [-0.05, 0) is 45.6 Å². The second-order valence-electron chi connectivity index (χ2n) is 5.70. The quantitative estimate of drug-likeness (QED) is 0.666. The van der Waals surface area contributed by atoms with E-state index in [1.165, 1.54) is 11.3 Å². The first kappa shape index (κ1) is 18.3. The van der Waals surface area contributed by atoms with Crippen LogP contribution in [-0.2, 0) is 6.54 Å². The van der Waals surface area contributed by atoms with Gasteiger partial charge in [-0.15, -0.1) is 0 Å². The molecule has 0 aliphatic rings. The third kappa shape index (κ3) is 6.25. The Morgan fingerprint density at radius 3 is 2.43 bits per heavy atom. The van der Waals surface area contributed by atoms with Crippen LogP contribution in [0.2, 0.25) is 5.02 Å². The molecule has 0 spiro atoms. The van der Waals surface area contributed by atoms with Crippen LogP contribution >= 0.6 is 11.6 Å². The summed E-state index contributed by atoms with van der Waals surface area (Å²) in [6, 6.07) is 6.24. The zero-order valence-electron chi connectivity index (χ0n) is 14.0. The lowest BCUT2D eigenvalue weighted by atomic mass is 10.1. The van der Waals surface area contributed by atoms with Crippen LogP contribution in [0.4, 0.5) is 5.69 Å². The van der Waals surface area contributed by atoms with E-state index in [2.05, 4.69) is 55.2 Å². The normalized spacial score (nSPS) is 11.1. The van der Waals surface area contributed by atoms with Gasteiger partial charge in [0, 0.05) is 42.5 Å². The number of halogens is 1. The van der Waals surface area contributed by atoms with Gasteiger partial charge in [-0.3, -0.25) is 0 Å². The molecule has 0 saturated heterocycles. The van der Waals surface area contributed by atoms with Crippen LogP contribution in [0.1, 0.15) is 32.3 Å². The molecule has 1 aromatic rings. The number of anilines is 1. The van der Waals surface area contributed by atoms with Gasteiger partial charge in [0.05, 0.1) is 0 Å². The molecule has 1 aromatic carbocycles. The van der Waals surface area contributed by atoms with Gasteiger partial charge in [-0.25, -0.2) is 0 Å². The highest BCUT2D eigenvalue weighted by Crippen LogP contribution is 2.27. The standard InChI is InChI=1S/C17H30ClN3/c1-5-10-19-14-15-16(18)8-7-9-17(15)21(11-6-2)13-12-20(3)4/h7-9,19H,5-6,10-14H2,1-4H3. The molecule has 4 heteroatoms. The van der Waals surface area contributed by atoms with E-state index in [4.69, 9.17) is 11.6 Å². The van der Waals surface area contributed by atoms with Gasteiger partial charge in [0.25, 0.3) is 0 Å². The molecule has 120 valence electrons. The van der Waals surface area contributed by atoms with E-state index in [1.807, 2.05) is 6.07 Å². The Bertz CT molecular complexity index is 407. The average molecular weight is 312 g/mol. The number of likely N-dealkylation sites (N-methyl/N-ethyl adjacent to an activating group) is 1. The van der Waals surface area contributed by atoms with Crippen LogP contribution in [0.15, 0.2) is 18.2 Å². The Morgan fingerprint density at radius 1 is 1.05 bits per heavy atom. The summed E-state index contributed by atoms with van der Waals surface area (Å²) in [5.74, 6) is 0. The first-order chi connectivity index (χ1) is 10.1. The molecule has 21 heavy (non-hydrogen) atoms. The summed E-state index contributed by atoms with van der Waals surface area (Å²) in [7, 11) is 4.23. The smallest absolute Gasteiger partial charge is 0.0471 e. The molecule has 0 aromatic heterocycles. The molecule has 0 atom stereocenters. The first-order valence-corrected chi connectivity index (χ1v) is 8.35. The highest BCUT2D eigenvalue weighted by Gasteiger charge is 2.13. The van der Waals surface area contributed by atoms with Gasteiger partial charge in [0.2, 0.25) is 0 Å². The Morgan fingerprint density at radius 2 is 1.81 bits per heavy atom. The van der Waals surface area contributed by atoms with Crippen LogP contribution in [0, 0.1) is 0 Å². The molecule has 0 aliphatic carbocycles. The second kappa shape index (κ2) is 10.0.